The number of rotatable bonds is 3. The number of aromatic hydroxyl groups is 1. The monoisotopic (exact) mass is 326 g/mol. The number of phenolic OH excluding ortho intramolecular Hbond substituents is 1. The fraction of sp³-hybridized carbons (Fsp3) is 0.312. The van der Waals surface area contributed by atoms with Crippen molar-refractivity contribution >= 4 is 17.4 Å². The quantitative estimate of drug-likeness (QED) is 0.862. The molecule has 0 saturated heterocycles. The van der Waals surface area contributed by atoms with Gasteiger partial charge in [-0.05, 0) is 37.6 Å². The van der Waals surface area contributed by atoms with Crippen molar-refractivity contribution in [1.82, 2.24) is 4.98 Å². The number of hydrogen-bond acceptors (Lipinski definition) is 4. The molecule has 1 aromatic heterocycles. The summed E-state index contributed by atoms with van der Waals surface area (Å²) < 4.78 is 19.1. The average molecular weight is 327 g/mol. The van der Waals surface area contributed by atoms with Crippen LogP contribution in [0.3, 0.4) is 0 Å². The van der Waals surface area contributed by atoms with Crippen LogP contribution in [0.4, 0.5) is 10.2 Å². The molecule has 1 heterocycles. The Hall–Kier alpha value is -2.01. The topological polar surface area (TPSA) is 68.4 Å². The van der Waals surface area contributed by atoms with Gasteiger partial charge in [0.1, 0.15) is 17.7 Å². The molecule has 3 N–H and O–H groups in total. The van der Waals surface area contributed by atoms with Gasteiger partial charge < -0.3 is 15.6 Å². The van der Waals surface area contributed by atoms with Gasteiger partial charge in [-0.25, -0.2) is 9.37 Å². The summed E-state index contributed by atoms with van der Waals surface area (Å²) in [6.45, 7) is 7.48. The number of pyridine rings is 1. The Morgan fingerprint density at radius 3 is 2.64 bits per heavy atom. The van der Waals surface area contributed by atoms with E-state index in [0.29, 0.717) is 5.75 Å². The number of phenols is 1. The minimum atomic E-state index is -0.677. The number of aryl methyl sites for hydroxylation is 1. The first-order valence-corrected chi connectivity index (χ1v) is 7.33. The smallest absolute Gasteiger partial charge is 0.166 e. The van der Waals surface area contributed by atoms with E-state index in [1.807, 2.05) is 20.8 Å². The van der Waals surface area contributed by atoms with Gasteiger partial charge in [0.25, 0.3) is 0 Å². The van der Waals surface area contributed by atoms with Crippen LogP contribution in [-0.4, -0.2) is 10.1 Å². The predicted molar refractivity (Wildman–Crippen MR) is 86.9 cm³/mol. The molecule has 4 nitrogen and oxygen atoms in total. The van der Waals surface area contributed by atoms with Crippen LogP contribution < -0.4 is 10.5 Å². The zero-order chi connectivity index (χ0) is 16.9. The molecule has 0 radical (unpaired) electrons. The van der Waals surface area contributed by atoms with E-state index in [1.165, 1.54) is 6.07 Å². The Kier molecular flexibility index (Phi) is 6.43. The van der Waals surface area contributed by atoms with Crippen molar-refractivity contribution in [1.29, 1.82) is 0 Å². The number of nitrogens with two attached hydrogens (primary N) is 1. The van der Waals surface area contributed by atoms with E-state index < -0.39 is 11.9 Å². The molecule has 1 aromatic carbocycles. The number of benzene rings is 1. The fourth-order valence-electron chi connectivity index (χ4n) is 1.84. The Balaban J connectivity index is 0.00000116. The van der Waals surface area contributed by atoms with Gasteiger partial charge in [-0.2, -0.15) is 0 Å². The highest BCUT2D eigenvalue weighted by Crippen LogP contribution is 2.36. The number of aromatic nitrogens is 1. The first-order chi connectivity index (χ1) is 10.4. The van der Waals surface area contributed by atoms with Crippen LogP contribution in [0, 0.1) is 12.7 Å². The molecule has 0 fully saturated rings. The van der Waals surface area contributed by atoms with Gasteiger partial charge in [0, 0.05) is 6.20 Å². The molecule has 0 aliphatic rings. The molecule has 2 aromatic rings. The van der Waals surface area contributed by atoms with E-state index in [9.17, 15) is 9.50 Å². The lowest BCUT2D eigenvalue weighted by molar-refractivity contribution is 0.222. The summed E-state index contributed by atoms with van der Waals surface area (Å²) in [6.07, 6.45) is 0.934. The minimum absolute atomic E-state index is 0.136. The fourth-order valence-corrected chi connectivity index (χ4v) is 2.15. The maximum atomic E-state index is 13.5. The van der Waals surface area contributed by atoms with E-state index in [4.69, 9.17) is 22.1 Å². The van der Waals surface area contributed by atoms with E-state index in [1.54, 1.807) is 19.2 Å². The maximum Gasteiger partial charge on any atom is 0.166 e. The molecular formula is C16H20ClFN2O2. The molecular weight excluding hydrogens is 307 g/mol. The summed E-state index contributed by atoms with van der Waals surface area (Å²) in [7, 11) is 0. The highest BCUT2D eigenvalue weighted by Gasteiger charge is 2.20. The van der Waals surface area contributed by atoms with E-state index in [0.717, 1.165) is 11.6 Å². The molecule has 0 bridgehead atoms. The number of halogens is 2. The van der Waals surface area contributed by atoms with Crippen LogP contribution in [0.2, 0.25) is 5.02 Å². The van der Waals surface area contributed by atoms with Crippen molar-refractivity contribution in [2.24, 2.45) is 0 Å². The van der Waals surface area contributed by atoms with Crippen LogP contribution in [0.5, 0.6) is 11.5 Å². The Bertz CT molecular complexity index is 650. The highest BCUT2D eigenvalue weighted by molar-refractivity contribution is 6.31. The summed E-state index contributed by atoms with van der Waals surface area (Å²) in [5.41, 5.74) is 6.76. The number of nitrogen functional groups attached to an aromatic ring is 1. The Morgan fingerprint density at radius 2 is 2.00 bits per heavy atom. The van der Waals surface area contributed by atoms with Gasteiger partial charge in [-0.15, -0.1) is 0 Å². The molecule has 0 spiro atoms. The largest absolute Gasteiger partial charge is 0.507 e. The summed E-state index contributed by atoms with van der Waals surface area (Å²) in [4.78, 5) is 3.97. The highest BCUT2D eigenvalue weighted by atomic mass is 35.5. The normalized spacial score (nSPS) is 11.4. The van der Waals surface area contributed by atoms with Crippen molar-refractivity contribution in [3.63, 3.8) is 0 Å². The van der Waals surface area contributed by atoms with Crippen LogP contribution in [0.1, 0.15) is 38.0 Å². The van der Waals surface area contributed by atoms with Crippen molar-refractivity contribution in [2.45, 2.75) is 33.8 Å². The third-order valence-electron chi connectivity index (χ3n) is 2.84. The van der Waals surface area contributed by atoms with Gasteiger partial charge in [0.2, 0.25) is 0 Å². The Labute approximate surface area is 134 Å². The van der Waals surface area contributed by atoms with E-state index in [-0.39, 0.29) is 22.2 Å². The molecule has 0 saturated carbocycles. The van der Waals surface area contributed by atoms with Gasteiger partial charge >= 0.3 is 0 Å². The molecule has 6 heteroatoms. The minimum Gasteiger partial charge on any atom is -0.507 e. The lowest BCUT2D eigenvalue weighted by Gasteiger charge is -2.18. The number of ether oxygens (including phenoxy) is 1. The standard InChI is InChI=1S/C14H14ClFN2O2.C2H6/c1-7-5-11(14(17)18-6-7)20-8(2)12-10(19)4-3-9(16)13(12)15;1-2/h3-6,8,19H,1-2H3,(H2,17,18);1-2H3. The molecule has 0 aliphatic heterocycles. The van der Waals surface area contributed by atoms with Crippen molar-refractivity contribution in [3.05, 3.63) is 46.4 Å². The summed E-state index contributed by atoms with van der Waals surface area (Å²) in [6, 6.07) is 4.04. The molecule has 2 rings (SSSR count). The molecule has 0 aliphatic carbocycles. The van der Waals surface area contributed by atoms with Gasteiger partial charge in [-0.3, -0.25) is 0 Å². The third-order valence-corrected chi connectivity index (χ3v) is 3.22. The lowest BCUT2D eigenvalue weighted by Crippen LogP contribution is -2.07. The summed E-state index contributed by atoms with van der Waals surface area (Å²) >= 11 is 5.87. The lowest BCUT2D eigenvalue weighted by atomic mass is 10.1. The molecule has 120 valence electrons. The third kappa shape index (κ3) is 4.01. The van der Waals surface area contributed by atoms with Gasteiger partial charge in [0.05, 0.1) is 10.6 Å². The SMILES string of the molecule is CC.Cc1cnc(N)c(OC(C)c2c(O)ccc(F)c2Cl)c1. The second-order valence-electron chi connectivity index (χ2n) is 4.45. The molecule has 22 heavy (non-hydrogen) atoms. The maximum absolute atomic E-state index is 13.5. The van der Waals surface area contributed by atoms with Crippen molar-refractivity contribution in [3.8, 4) is 11.5 Å². The van der Waals surface area contributed by atoms with E-state index >= 15 is 0 Å². The molecule has 0 amide bonds. The predicted octanol–water partition coefficient (Wildman–Crippen LogP) is 4.64. The number of hydrogen-bond donors (Lipinski definition) is 2. The van der Waals surface area contributed by atoms with Gasteiger partial charge in [0.15, 0.2) is 11.6 Å². The molecule has 1 atom stereocenters. The van der Waals surface area contributed by atoms with Crippen molar-refractivity contribution in [2.75, 3.05) is 5.73 Å². The van der Waals surface area contributed by atoms with Crippen LogP contribution in [-0.2, 0) is 0 Å². The second-order valence-corrected chi connectivity index (χ2v) is 4.83. The first-order valence-electron chi connectivity index (χ1n) is 6.95. The van der Waals surface area contributed by atoms with Crippen LogP contribution in [0.15, 0.2) is 24.4 Å². The van der Waals surface area contributed by atoms with Crippen molar-refractivity contribution < 1.29 is 14.2 Å². The zero-order valence-corrected chi connectivity index (χ0v) is 13.8. The van der Waals surface area contributed by atoms with Crippen LogP contribution >= 0.6 is 11.6 Å². The van der Waals surface area contributed by atoms with E-state index in [2.05, 4.69) is 4.98 Å². The second kappa shape index (κ2) is 7.84. The first kappa shape index (κ1) is 18.0. The summed E-state index contributed by atoms with van der Waals surface area (Å²) in [5, 5.41) is 9.64. The molecule has 1 unspecified atom stereocenters. The number of nitrogens with zero attached hydrogens (tertiary/aromatic N) is 1. The number of anilines is 1. The Morgan fingerprint density at radius 1 is 1.36 bits per heavy atom. The summed E-state index contributed by atoms with van der Waals surface area (Å²) in [5.74, 6) is -0.181. The average Bonchev–Trinajstić information content (AvgIpc) is 2.49. The zero-order valence-electron chi connectivity index (χ0n) is 13.0. The van der Waals surface area contributed by atoms with Gasteiger partial charge in [-0.1, -0.05) is 25.4 Å². The van der Waals surface area contributed by atoms with Crippen LogP contribution in [0.25, 0.3) is 0 Å².